The Hall–Kier alpha value is -2.09. The highest BCUT2D eigenvalue weighted by Crippen LogP contribution is 2.36. The lowest BCUT2D eigenvalue weighted by Crippen LogP contribution is -2.29. The Bertz CT molecular complexity index is 523. The Kier molecular flexibility index (Phi) is 4.15. The number of nitro groups is 1. The van der Waals surface area contributed by atoms with Gasteiger partial charge in [0.1, 0.15) is 11.3 Å². The molecule has 1 rings (SSSR count). The number of methoxy groups -OCH3 is 1. The molecule has 0 fully saturated rings. The van der Waals surface area contributed by atoms with Crippen molar-refractivity contribution in [1.82, 2.24) is 0 Å². The molecule has 0 radical (unpaired) electrons. The molecular weight excluding hydrogens is 270 g/mol. The van der Waals surface area contributed by atoms with Crippen LogP contribution >= 0.6 is 0 Å². The van der Waals surface area contributed by atoms with Crippen LogP contribution in [0.5, 0.6) is 11.5 Å². The Morgan fingerprint density at radius 2 is 1.89 bits per heavy atom. The predicted molar refractivity (Wildman–Crippen MR) is 70.6 cm³/mol. The van der Waals surface area contributed by atoms with Crippen molar-refractivity contribution >= 4 is 20.0 Å². The predicted octanol–water partition coefficient (Wildman–Crippen LogP) is 2.52. The van der Waals surface area contributed by atoms with Gasteiger partial charge in [0.25, 0.3) is 5.69 Å². The van der Waals surface area contributed by atoms with E-state index in [1.807, 2.05) is 19.6 Å². The molecule has 0 aromatic heterocycles. The van der Waals surface area contributed by atoms with Crippen LogP contribution in [0.3, 0.4) is 0 Å². The number of carboxylic acid groups (broad SMARTS) is 1. The molecule has 1 aromatic rings. The van der Waals surface area contributed by atoms with Gasteiger partial charge in [0.05, 0.1) is 18.1 Å². The number of aromatic carboxylic acids is 1. The number of carbonyl (C=O) groups is 1. The molecular formula is C11H15NO6Si. The third-order valence-corrected chi connectivity index (χ3v) is 2.96. The maximum absolute atomic E-state index is 11.1. The van der Waals surface area contributed by atoms with Crippen molar-refractivity contribution in [3.05, 3.63) is 27.8 Å². The molecule has 1 aromatic carbocycles. The van der Waals surface area contributed by atoms with Gasteiger partial charge in [-0.2, -0.15) is 0 Å². The maximum Gasteiger partial charge on any atom is 0.342 e. The Labute approximate surface area is 111 Å². The molecule has 0 aliphatic heterocycles. The van der Waals surface area contributed by atoms with Gasteiger partial charge in [-0.05, 0) is 19.6 Å². The normalized spacial score (nSPS) is 10.9. The molecule has 0 bridgehead atoms. The lowest BCUT2D eigenvalue weighted by molar-refractivity contribution is -0.385. The molecule has 7 nitrogen and oxygen atoms in total. The second-order valence-corrected chi connectivity index (χ2v) is 9.23. The van der Waals surface area contributed by atoms with Crippen LogP contribution in [0.15, 0.2) is 12.1 Å². The monoisotopic (exact) mass is 285 g/mol. The number of nitro benzene ring substituents is 1. The van der Waals surface area contributed by atoms with E-state index in [0.29, 0.717) is 0 Å². The van der Waals surface area contributed by atoms with Gasteiger partial charge < -0.3 is 14.3 Å². The van der Waals surface area contributed by atoms with E-state index in [9.17, 15) is 14.9 Å². The van der Waals surface area contributed by atoms with Crippen LogP contribution in [0.25, 0.3) is 0 Å². The van der Waals surface area contributed by atoms with Crippen molar-refractivity contribution in [1.29, 1.82) is 0 Å². The summed E-state index contributed by atoms with van der Waals surface area (Å²) in [6.45, 7) is 5.73. The molecule has 0 atom stereocenters. The first kappa shape index (κ1) is 15.0. The van der Waals surface area contributed by atoms with Crippen molar-refractivity contribution in [3.8, 4) is 11.5 Å². The van der Waals surface area contributed by atoms with E-state index >= 15 is 0 Å². The van der Waals surface area contributed by atoms with Gasteiger partial charge in [-0.15, -0.1) is 0 Å². The number of ether oxygens (including phenoxy) is 1. The van der Waals surface area contributed by atoms with Gasteiger partial charge in [-0.25, -0.2) is 4.79 Å². The largest absolute Gasteiger partial charge is 0.542 e. The SMILES string of the molecule is COc1cc([N+](=O)[O-])c(C(=O)O)cc1O[Si](C)(C)C. The average molecular weight is 285 g/mol. The average Bonchev–Trinajstić information content (AvgIpc) is 2.25. The van der Waals surface area contributed by atoms with Crippen LogP contribution in [0.1, 0.15) is 10.4 Å². The van der Waals surface area contributed by atoms with Gasteiger partial charge in [-0.1, -0.05) is 0 Å². The molecule has 0 saturated carbocycles. The number of nitrogens with zero attached hydrogens (tertiary/aromatic N) is 1. The zero-order valence-electron chi connectivity index (χ0n) is 11.1. The van der Waals surface area contributed by atoms with Crippen LogP contribution in [0, 0.1) is 10.1 Å². The smallest absolute Gasteiger partial charge is 0.342 e. The third kappa shape index (κ3) is 3.68. The van der Waals surface area contributed by atoms with Gasteiger partial charge in [-0.3, -0.25) is 10.1 Å². The summed E-state index contributed by atoms with van der Waals surface area (Å²) in [5.74, 6) is -1.02. The number of rotatable bonds is 5. The Morgan fingerprint density at radius 3 is 2.26 bits per heavy atom. The Balaban J connectivity index is 3.44. The minimum Gasteiger partial charge on any atom is -0.542 e. The zero-order chi connectivity index (χ0) is 14.8. The molecule has 0 amide bonds. The van der Waals surface area contributed by atoms with Crippen molar-refractivity contribution in [2.75, 3.05) is 7.11 Å². The maximum atomic E-state index is 11.1. The highest BCUT2D eigenvalue weighted by atomic mass is 28.4. The lowest BCUT2D eigenvalue weighted by atomic mass is 10.1. The molecule has 8 heteroatoms. The Morgan fingerprint density at radius 1 is 1.32 bits per heavy atom. The second-order valence-electron chi connectivity index (χ2n) is 4.80. The fraction of sp³-hybridized carbons (Fsp3) is 0.364. The highest BCUT2D eigenvalue weighted by molar-refractivity contribution is 6.70. The molecule has 1 N–H and O–H groups in total. The third-order valence-electron chi connectivity index (χ3n) is 2.13. The first-order valence-corrected chi connectivity index (χ1v) is 8.85. The van der Waals surface area contributed by atoms with E-state index in [-0.39, 0.29) is 11.5 Å². The highest BCUT2D eigenvalue weighted by Gasteiger charge is 2.26. The fourth-order valence-electron chi connectivity index (χ4n) is 1.44. The zero-order valence-corrected chi connectivity index (χ0v) is 12.1. The van der Waals surface area contributed by atoms with Gasteiger partial charge in [0.2, 0.25) is 8.32 Å². The topological polar surface area (TPSA) is 98.9 Å². The summed E-state index contributed by atoms with van der Waals surface area (Å²) in [6.07, 6.45) is 0. The summed E-state index contributed by atoms with van der Waals surface area (Å²) in [4.78, 5) is 21.1. The summed E-state index contributed by atoms with van der Waals surface area (Å²) < 4.78 is 10.7. The van der Waals surface area contributed by atoms with Crippen molar-refractivity contribution in [2.45, 2.75) is 19.6 Å². The summed E-state index contributed by atoms with van der Waals surface area (Å²) >= 11 is 0. The standard InChI is InChI=1S/C11H15NO6Si/c1-17-9-6-8(12(15)16)7(11(13)14)5-10(9)18-19(2,3)4/h5-6H,1-4H3,(H,13,14). The number of carboxylic acids is 1. The molecule has 104 valence electrons. The van der Waals surface area contributed by atoms with Crippen LogP contribution in [-0.4, -0.2) is 31.4 Å². The minimum atomic E-state index is -1.99. The summed E-state index contributed by atoms with van der Waals surface area (Å²) in [5, 5.41) is 19.9. The first-order chi connectivity index (χ1) is 8.65. The van der Waals surface area contributed by atoms with Crippen molar-refractivity contribution < 1.29 is 24.0 Å². The van der Waals surface area contributed by atoms with Crippen LogP contribution in [-0.2, 0) is 0 Å². The van der Waals surface area contributed by atoms with Crippen molar-refractivity contribution in [3.63, 3.8) is 0 Å². The van der Waals surface area contributed by atoms with E-state index in [1.54, 1.807) is 0 Å². The van der Waals surface area contributed by atoms with E-state index in [4.69, 9.17) is 14.3 Å². The van der Waals surface area contributed by atoms with E-state index in [2.05, 4.69) is 0 Å². The molecule has 0 saturated heterocycles. The first-order valence-electron chi connectivity index (χ1n) is 5.44. The number of benzene rings is 1. The molecule has 0 unspecified atom stereocenters. The quantitative estimate of drug-likeness (QED) is 0.507. The van der Waals surface area contributed by atoms with Gasteiger partial charge in [0.15, 0.2) is 5.75 Å². The van der Waals surface area contributed by atoms with Crippen LogP contribution < -0.4 is 9.16 Å². The second kappa shape index (κ2) is 5.27. The van der Waals surface area contributed by atoms with Gasteiger partial charge >= 0.3 is 5.97 Å². The van der Waals surface area contributed by atoms with E-state index in [0.717, 1.165) is 12.1 Å². The molecule has 19 heavy (non-hydrogen) atoms. The minimum absolute atomic E-state index is 0.152. The van der Waals surface area contributed by atoms with E-state index in [1.165, 1.54) is 7.11 Å². The van der Waals surface area contributed by atoms with Crippen molar-refractivity contribution in [2.24, 2.45) is 0 Å². The molecule has 0 spiro atoms. The lowest BCUT2D eigenvalue weighted by Gasteiger charge is -2.21. The van der Waals surface area contributed by atoms with Crippen LogP contribution in [0.2, 0.25) is 19.6 Å². The fourth-order valence-corrected chi connectivity index (χ4v) is 2.26. The number of hydrogen-bond donors (Lipinski definition) is 1. The summed E-state index contributed by atoms with van der Waals surface area (Å²) in [7, 11) is -0.647. The number of hydrogen-bond acceptors (Lipinski definition) is 5. The molecule has 0 heterocycles. The molecule has 0 aliphatic carbocycles. The van der Waals surface area contributed by atoms with Crippen LogP contribution in [0.4, 0.5) is 5.69 Å². The molecule has 0 aliphatic rings. The summed E-state index contributed by atoms with van der Waals surface area (Å²) in [6, 6.07) is 2.20. The summed E-state index contributed by atoms with van der Waals surface area (Å²) in [5.41, 5.74) is -0.939. The van der Waals surface area contributed by atoms with Gasteiger partial charge in [0, 0.05) is 6.07 Å². The van der Waals surface area contributed by atoms with E-state index < -0.39 is 30.5 Å².